The lowest BCUT2D eigenvalue weighted by molar-refractivity contribution is -0.117. The minimum Gasteiger partial charge on any atom is -0.495 e. The molecule has 0 unspecified atom stereocenters. The van der Waals surface area contributed by atoms with Gasteiger partial charge in [-0.3, -0.25) is 14.5 Å². The molecular formula is C33H39Cl2N7O4. The van der Waals surface area contributed by atoms with Crippen molar-refractivity contribution in [2.75, 3.05) is 74.4 Å². The topological polar surface area (TPSA) is 112 Å². The molecule has 1 spiro atoms. The van der Waals surface area contributed by atoms with E-state index in [-0.39, 0.29) is 28.3 Å². The maximum atomic E-state index is 13.4. The standard InChI is InChI=1S/C33H39Cl2N7O4/c1-6-29(43)39-24-14-21(42-18-33(19-42)10-12-41(7-2)13-11-33)8-9-23(24)38-27-17-28(37-20-36-27)40(3)30(44)15-22-31(34)25(45-4)16-26(46-5)32(22)35/h6,8-9,14,16-17,20H,1,7,10-13,15,18-19H2,2-5H3,(H,39,43)(H,36,37,38). The van der Waals surface area contributed by atoms with E-state index >= 15 is 0 Å². The Morgan fingerprint density at radius 2 is 1.72 bits per heavy atom. The fraction of sp³-hybridized carbons (Fsp3) is 0.394. The number of amides is 2. The maximum absolute atomic E-state index is 13.4. The number of nitrogens with zero attached hydrogens (tertiary/aromatic N) is 5. The lowest BCUT2D eigenvalue weighted by Gasteiger charge is -2.55. The molecule has 46 heavy (non-hydrogen) atoms. The third kappa shape index (κ3) is 7.01. The Morgan fingerprint density at radius 3 is 2.33 bits per heavy atom. The summed E-state index contributed by atoms with van der Waals surface area (Å²) in [5.74, 6) is 0.817. The highest BCUT2D eigenvalue weighted by Crippen LogP contribution is 2.44. The van der Waals surface area contributed by atoms with E-state index in [4.69, 9.17) is 32.7 Å². The summed E-state index contributed by atoms with van der Waals surface area (Å²) < 4.78 is 10.7. The molecule has 2 amide bonds. The molecule has 2 aliphatic heterocycles. The second kappa shape index (κ2) is 14.1. The number of hydrogen-bond donors (Lipinski definition) is 2. The summed E-state index contributed by atoms with van der Waals surface area (Å²) in [5, 5.41) is 6.64. The van der Waals surface area contributed by atoms with Gasteiger partial charge < -0.3 is 29.9 Å². The fourth-order valence-electron chi connectivity index (χ4n) is 5.96. The lowest BCUT2D eigenvalue weighted by atomic mass is 9.71. The second-order valence-corrected chi connectivity index (χ2v) is 12.4. The van der Waals surface area contributed by atoms with Gasteiger partial charge in [0.25, 0.3) is 0 Å². The Hall–Kier alpha value is -4.06. The molecule has 2 saturated heterocycles. The van der Waals surface area contributed by atoms with Gasteiger partial charge in [0.2, 0.25) is 11.8 Å². The van der Waals surface area contributed by atoms with Crippen LogP contribution in [-0.2, 0) is 16.0 Å². The molecule has 11 nitrogen and oxygen atoms in total. The van der Waals surface area contributed by atoms with Crippen LogP contribution in [0.5, 0.6) is 11.5 Å². The van der Waals surface area contributed by atoms with Crippen molar-refractivity contribution in [1.82, 2.24) is 14.9 Å². The van der Waals surface area contributed by atoms with Crippen LogP contribution in [0.1, 0.15) is 25.3 Å². The van der Waals surface area contributed by atoms with Gasteiger partial charge in [-0.25, -0.2) is 9.97 Å². The zero-order valence-electron chi connectivity index (χ0n) is 26.5. The zero-order chi connectivity index (χ0) is 33.0. The Kier molecular flexibility index (Phi) is 10.2. The van der Waals surface area contributed by atoms with Crippen molar-refractivity contribution in [2.45, 2.75) is 26.2 Å². The van der Waals surface area contributed by atoms with Gasteiger partial charge >= 0.3 is 0 Å². The number of hydrogen-bond acceptors (Lipinski definition) is 9. The molecule has 0 aliphatic carbocycles. The molecule has 0 saturated carbocycles. The van der Waals surface area contributed by atoms with Crippen molar-refractivity contribution in [3.63, 3.8) is 0 Å². The molecular weight excluding hydrogens is 629 g/mol. The van der Waals surface area contributed by atoms with Crippen LogP contribution < -0.4 is 29.9 Å². The molecule has 13 heteroatoms. The highest BCUT2D eigenvalue weighted by molar-refractivity contribution is 6.38. The van der Waals surface area contributed by atoms with Crippen molar-refractivity contribution in [2.24, 2.45) is 5.41 Å². The lowest BCUT2D eigenvalue weighted by Crippen LogP contribution is -2.60. The first-order valence-corrected chi connectivity index (χ1v) is 15.8. The van der Waals surface area contributed by atoms with Gasteiger partial charge in [-0.05, 0) is 56.8 Å². The molecule has 0 atom stereocenters. The van der Waals surface area contributed by atoms with Gasteiger partial charge in [0.15, 0.2) is 0 Å². The van der Waals surface area contributed by atoms with Crippen molar-refractivity contribution in [1.29, 1.82) is 0 Å². The molecule has 244 valence electrons. The van der Waals surface area contributed by atoms with Gasteiger partial charge in [0.1, 0.15) is 29.5 Å². The summed E-state index contributed by atoms with van der Waals surface area (Å²) >= 11 is 13.0. The molecule has 3 aromatic rings. The van der Waals surface area contributed by atoms with Crippen LogP contribution in [0.4, 0.5) is 28.7 Å². The average molecular weight is 669 g/mol. The molecule has 0 bridgehead atoms. The van der Waals surface area contributed by atoms with Gasteiger partial charge in [0, 0.05) is 48.9 Å². The molecule has 3 heterocycles. The SMILES string of the molecule is C=CC(=O)Nc1cc(N2CC3(CCN(CC)CC3)C2)ccc1Nc1cc(N(C)C(=O)Cc2c(Cl)c(OC)cc(OC)c2Cl)ncn1. The number of carbonyl (C=O) groups is 2. The highest BCUT2D eigenvalue weighted by Gasteiger charge is 2.44. The number of likely N-dealkylation sites (N-methyl/N-ethyl adjacent to an activating group) is 1. The number of anilines is 5. The third-order valence-electron chi connectivity index (χ3n) is 8.85. The first-order chi connectivity index (χ1) is 22.1. The molecule has 2 N–H and O–H groups in total. The second-order valence-electron chi connectivity index (χ2n) is 11.6. The third-order valence-corrected chi connectivity index (χ3v) is 9.68. The first kappa shape index (κ1) is 33.3. The maximum Gasteiger partial charge on any atom is 0.247 e. The van der Waals surface area contributed by atoms with E-state index in [0.29, 0.717) is 45.5 Å². The van der Waals surface area contributed by atoms with E-state index in [1.807, 2.05) is 18.2 Å². The number of benzene rings is 2. The van der Waals surface area contributed by atoms with Crippen LogP contribution >= 0.6 is 23.2 Å². The number of aromatic nitrogens is 2. The smallest absolute Gasteiger partial charge is 0.247 e. The Bertz CT molecular complexity index is 1590. The van der Waals surface area contributed by atoms with E-state index in [0.717, 1.165) is 38.4 Å². The predicted molar refractivity (Wildman–Crippen MR) is 183 cm³/mol. The van der Waals surface area contributed by atoms with Crippen LogP contribution in [0, 0.1) is 5.41 Å². The predicted octanol–water partition coefficient (Wildman–Crippen LogP) is 5.80. The summed E-state index contributed by atoms with van der Waals surface area (Å²) in [6.07, 6.45) is 4.88. The largest absolute Gasteiger partial charge is 0.495 e. The molecule has 2 fully saturated rings. The summed E-state index contributed by atoms with van der Waals surface area (Å²) in [7, 11) is 4.55. The molecule has 2 aliphatic rings. The average Bonchev–Trinajstić information content (AvgIpc) is 3.06. The number of rotatable bonds is 11. The highest BCUT2D eigenvalue weighted by atomic mass is 35.5. The van der Waals surface area contributed by atoms with Crippen molar-refractivity contribution >= 4 is 63.7 Å². The van der Waals surface area contributed by atoms with Crippen LogP contribution in [0.2, 0.25) is 10.0 Å². The van der Waals surface area contributed by atoms with Crippen LogP contribution in [0.3, 0.4) is 0 Å². The van der Waals surface area contributed by atoms with Gasteiger partial charge in [-0.2, -0.15) is 0 Å². The van der Waals surface area contributed by atoms with E-state index in [1.165, 1.54) is 44.4 Å². The summed E-state index contributed by atoms with van der Waals surface area (Å²) in [5.41, 5.74) is 3.00. The number of halogens is 2. The number of nitrogens with one attached hydrogen (secondary N) is 2. The quantitative estimate of drug-likeness (QED) is 0.245. The molecule has 1 aromatic heterocycles. The number of ether oxygens (including phenoxy) is 2. The van der Waals surface area contributed by atoms with Gasteiger partial charge in [-0.15, -0.1) is 0 Å². The minimum absolute atomic E-state index is 0.123. The number of piperidine rings is 1. The summed E-state index contributed by atoms with van der Waals surface area (Å²) in [6.45, 7) is 11.2. The summed E-state index contributed by atoms with van der Waals surface area (Å²) in [4.78, 5) is 40.6. The van der Waals surface area contributed by atoms with E-state index < -0.39 is 0 Å². The normalized spacial score (nSPS) is 15.6. The van der Waals surface area contributed by atoms with E-state index in [9.17, 15) is 9.59 Å². The van der Waals surface area contributed by atoms with Crippen LogP contribution in [-0.4, -0.2) is 80.7 Å². The molecule has 5 rings (SSSR count). The summed E-state index contributed by atoms with van der Waals surface area (Å²) in [6, 6.07) is 9.12. The Labute approximate surface area is 279 Å². The first-order valence-electron chi connectivity index (χ1n) is 15.1. The zero-order valence-corrected chi connectivity index (χ0v) is 28.0. The van der Waals surface area contributed by atoms with Crippen molar-refractivity contribution < 1.29 is 19.1 Å². The van der Waals surface area contributed by atoms with Crippen molar-refractivity contribution in [3.8, 4) is 11.5 Å². The number of methoxy groups -OCH3 is 2. The molecule has 2 aromatic carbocycles. The van der Waals surface area contributed by atoms with E-state index in [2.05, 4.69) is 43.9 Å². The van der Waals surface area contributed by atoms with Crippen molar-refractivity contribution in [3.05, 3.63) is 64.9 Å². The number of likely N-dealkylation sites (tertiary alicyclic amines) is 1. The van der Waals surface area contributed by atoms with E-state index in [1.54, 1.807) is 19.2 Å². The monoisotopic (exact) mass is 667 g/mol. The van der Waals surface area contributed by atoms with Crippen LogP contribution in [0.15, 0.2) is 49.3 Å². The minimum atomic E-state index is -0.326. The fourth-order valence-corrected chi connectivity index (χ4v) is 6.59. The molecule has 0 radical (unpaired) electrons. The number of carbonyl (C=O) groups excluding carboxylic acids is 2. The van der Waals surface area contributed by atoms with Crippen LogP contribution in [0.25, 0.3) is 0 Å². The Balaban J connectivity index is 1.32. The Morgan fingerprint density at radius 1 is 1.04 bits per heavy atom. The van der Waals surface area contributed by atoms with Gasteiger partial charge in [0.05, 0.1) is 42.1 Å². The van der Waals surface area contributed by atoms with Gasteiger partial charge in [-0.1, -0.05) is 36.7 Å².